The molecule has 7 nitrogen and oxygen atoms in total. The third-order valence-corrected chi connectivity index (χ3v) is 6.23. The third-order valence-electron chi connectivity index (χ3n) is 6.23. The summed E-state index contributed by atoms with van der Waals surface area (Å²) in [6.07, 6.45) is -2.92. The van der Waals surface area contributed by atoms with E-state index in [2.05, 4.69) is 5.10 Å². The maximum atomic E-state index is 14.4. The number of aliphatic hydroxyl groups excluding tert-OH is 1. The molecular formula is C26H27F3N2O5. The molecule has 1 aromatic heterocycles. The SMILES string of the molecule is CCOC(=O)C(C)(C)n1cc(-c2cc(OC[C@@H](C)O)cc3c2-c2ccccc2[C@]3(O)C(F)(F)F)cn1. The highest BCUT2D eigenvalue weighted by molar-refractivity contribution is 5.93. The highest BCUT2D eigenvalue weighted by Crippen LogP contribution is 2.58. The average molecular weight is 505 g/mol. The van der Waals surface area contributed by atoms with Crippen molar-refractivity contribution in [2.45, 2.75) is 51.1 Å². The second kappa shape index (κ2) is 8.94. The number of hydrogen-bond donors (Lipinski definition) is 2. The van der Waals surface area contributed by atoms with Gasteiger partial charge in [-0.05, 0) is 56.5 Å². The van der Waals surface area contributed by atoms with Gasteiger partial charge in [-0.2, -0.15) is 18.3 Å². The lowest BCUT2D eigenvalue weighted by atomic mass is 9.89. The van der Waals surface area contributed by atoms with Crippen LogP contribution >= 0.6 is 0 Å². The Kier molecular flexibility index (Phi) is 6.38. The highest BCUT2D eigenvalue weighted by Gasteiger charge is 2.61. The van der Waals surface area contributed by atoms with E-state index in [4.69, 9.17) is 9.47 Å². The summed E-state index contributed by atoms with van der Waals surface area (Å²) < 4.78 is 55.3. The van der Waals surface area contributed by atoms with Crippen molar-refractivity contribution in [3.8, 4) is 28.0 Å². The Morgan fingerprint density at radius 3 is 2.50 bits per heavy atom. The molecule has 0 radical (unpaired) electrons. The number of alkyl halides is 3. The largest absolute Gasteiger partial charge is 0.491 e. The molecule has 192 valence electrons. The fourth-order valence-corrected chi connectivity index (χ4v) is 4.35. The van der Waals surface area contributed by atoms with Crippen molar-refractivity contribution >= 4 is 5.97 Å². The normalized spacial score (nSPS) is 17.9. The van der Waals surface area contributed by atoms with Crippen molar-refractivity contribution in [1.29, 1.82) is 0 Å². The van der Waals surface area contributed by atoms with E-state index in [0.717, 1.165) is 6.07 Å². The summed E-state index contributed by atoms with van der Waals surface area (Å²) in [5.74, 6) is -0.478. The molecule has 10 heteroatoms. The molecule has 2 atom stereocenters. The molecule has 0 fully saturated rings. The van der Waals surface area contributed by atoms with Gasteiger partial charge in [0, 0.05) is 22.9 Å². The van der Waals surface area contributed by atoms with Gasteiger partial charge < -0.3 is 19.7 Å². The number of carbonyl (C=O) groups excluding carboxylic acids is 1. The van der Waals surface area contributed by atoms with Gasteiger partial charge in [0.1, 0.15) is 12.4 Å². The van der Waals surface area contributed by atoms with E-state index in [-0.39, 0.29) is 41.2 Å². The number of ether oxygens (including phenoxy) is 2. The molecule has 4 rings (SSSR count). The first-order valence-corrected chi connectivity index (χ1v) is 11.4. The van der Waals surface area contributed by atoms with Crippen LogP contribution in [0.1, 0.15) is 38.8 Å². The Balaban J connectivity index is 1.96. The quantitative estimate of drug-likeness (QED) is 0.464. The van der Waals surface area contributed by atoms with E-state index in [9.17, 15) is 28.2 Å². The Morgan fingerprint density at radius 2 is 1.86 bits per heavy atom. The van der Waals surface area contributed by atoms with Crippen molar-refractivity contribution in [2.24, 2.45) is 0 Å². The van der Waals surface area contributed by atoms with Gasteiger partial charge in [-0.25, -0.2) is 4.79 Å². The maximum Gasteiger partial charge on any atom is 0.425 e. The second-order valence-electron chi connectivity index (χ2n) is 9.26. The summed E-state index contributed by atoms with van der Waals surface area (Å²) in [6, 6.07) is 8.49. The molecule has 1 heterocycles. The standard InChI is InChI=1S/C26H27F3N2O5/c1-5-35-23(33)24(3,4)31-13-16(12-30-31)19-10-17(36-14-15(2)32)11-21-22(19)18-8-6-7-9-20(18)25(21,34)26(27,28)29/h6-13,15,32,34H,5,14H2,1-4H3/t15-,25-/m1/s1. The first-order chi connectivity index (χ1) is 16.8. The average Bonchev–Trinajstić information content (AvgIpc) is 3.41. The molecule has 1 aliphatic carbocycles. The fourth-order valence-electron chi connectivity index (χ4n) is 4.35. The van der Waals surface area contributed by atoms with Crippen LogP contribution in [0.4, 0.5) is 13.2 Å². The van der Waals surface area contributed by atoms with Crippen molar-refractivity contribution in [3.63, 3.8) is 0 Å². The van der Waals surface area contributed by atoms with Crippen LogP contribution in [0.5, 0.6) is 5.75 Å². The first kappa shape index (κ1) is 25.7. The zero-order chi connectivity index (χ0) is 26.5. The van der Waals surface area contributed by atoms with Crippen LogP contribution in [-0.4, -0.2) is 51.5 Å². The van der Waals surface area contributed by atoms with Crippen LogP contribution in [0.2, 0.25) is 0 Å². The molecule has 0 spiro atoms. The lowest BCUT2D eigenvalue weighted by molar-refractivity contribution is -0.246. The van der Waals surface area contributed by atoms with Gasteiger partial charge >= 0.3 is 12.1 Å². The van der Waals surface area contributed by atoms with Crippen LogP contribution in [0, 0.1) is 0 Å². The molecule has 3 aromatic rings. The van der Waals surface area contributed by atoms with E-state index in [1.54, 1.807) is 39.1 Å². The summed E-state index contributed by atoms with van der Waals surface area (Å²) in [6.45, 7) is 6.42. The number of esters is 1. The Bertz CT molecular complexity index is 1300. The molecule has 0 saturated heterocycles. The fraction of sp³-hybridized carbons (Fsp3) is 0.385. The number of aliphatic hydroxyl groups is 2. The summed E-state index contributed by atoms with van der Waals surface area (Å²) in [7, 11) is 0. The van der Waals surface area contributed by atoms with Gasteiger partial charge in [-0.15, -0.1) is 0 Å². The van der Waals surface area contributed by atoms with Crippen molar-refractivity contribution in [3.05, 3.63) is 59.9 Å². The number of benzene rings is 2. The molecule has 0 aliphatic heterocycles. The van der Waals surface area contributed by atoms with E-state index < -0.39 is 29.4 Å². The molecule has 0 saturated carbocycles. The topological polar surface area (TPSA) is 93.8 Å². The number of aromatic nitrogens is 2. The van der Waals surface area contributed by atoms with Crippen LogP contribution in [0.15, 0.2) is 48.8 Å². The summed E-state index contributed by atoms with van der Waals surface area (Å²) >= 11 is 0. The van der Waals surface area contributed by atoms with Gasteiger partial charge in [0.25, 0.3) is 0 Å². The van der Waals surface area contributed by atoms with Crippen molar-refractivity contribution in [1.82, 2.24) is 9.78 Å². The molecule has 36 heavy (non-hydrogen) atoms. The summed E-state index contributed by atoms with van der Waals surface area (Å²) in [5.41, 5.74) is -3.97. The Morgan fingerprint density at radius 1 is 1.17 bits per heavy atom. The van der Waals surface area contributed by atoms with Crippen LogP contribution < -0.4 is 4.74 Å². The first-order valence-electron chi connectivity index (χ1n) is 11.4. The van der Waals surface area contributed by atoms with Gasteiger partial charge in [-0.1, -0.05) is 24.3 Å². The van der Waals surface area contributed by atoms with Crippen LogP contribution in [-0.2, 0) is 20.7 Å². The third kappa shape index (κ3) is 4.04. The monoisotopic (exact) mass is 504 g/mol. The maximum absolute atomic E-state index is 14.4. The molecule has 0 bridgehead atoms. The zero-order valence-electron chi connectivity index (χ0n) is 20.3. The zero-order valence-corrected chi connectivity index (χ0v) is 20.3. The second-order valence-corrected chi connectivity index (χ2v) is 9.26. The smallest absolute Gasteiger partial charge is 0.425 e. The molecule has 1 aliphatic rings. The minimum Gasteiger partial charge on any atom is -0.491 e. The van der Waals surface area contributed by atoms with Gasteiger partial charge in [0.05, 0.1) is 18.9 Å². The van der Waals surface area contributed by atoms with Crippen LogP contribution in [0.25, 0.3) is 22.3 Å². The molecule has 0 amide bonds. The Hall–Kier alpha value is -3.37. The minimum atomic E-state index is -5.02. The van der Waals surface area contributed by atoms with Crippen LogP contribution in [0.3, 0.4) is 0 Å². The van der Waals surface area contributed by atoms with E-state index >= 15 is 0 Å². The van der Waals surface area contributed by atoms with Gasteiger partial charge in [0.15, 0.2) is 5.54 Å². The number of nitrogens with zero attached hydrogens (tertiary/aromatic N) is 2. The minimum absolute atomic E-state index is 0.0394. The number of fused-ring (bicyclic) bond motifs is 3. The number of rotatable bonds is 7. The van der Waals surface area contributed by atoms with Crippen molar-refractivity contribution < 1.29 is 37.7 Å². The number of carbonyl (C=O) groups is 1. The summed E-state index contributed by atoms with van der Waals surface area (Å²) in [5, 5.41) is 25.1. The lowest BCUT2D eigenvalue weighted by Gasteiger charge is -2.28. The van der Waals surface area contributed by atoms with Gasteiger partial charge in [0.2, 0.25) is 5.60 Å². The number of hydrogen-bond acceptors (Lipinski definition) is 6. The van der Waals surface area contributed by atoms with Crippen molar-refractivity contribution in [2.75, 3.05) is 13.2 Å². The Labute approximate surface area is 206 Å². The highest BCUT2D eigenvalue weighted by atomic mass is 19.4. The van der Waals surface area contributed by atoms with E-state index in [1.165, 1.54) is 36.0 Å². The predicted octanol–water partition coefficient (Wildman–Crippen LogP) is 4.39. The molecule has 2 aromatic carbocycles. The van der Waals surface area contributed by atoms with E-state index in [0.29, 0.717) is 11.1 Å². The lowest BCUT2D eigenvalue weighted by Crippen LogP contribution is -2.41. The molecule has 2 N–H and O–H groups in total. The van der Waals surface area contributed by atoms with Gasteiger partial charge in [-0.3, -0.25) is 4.68 Å². The predicted molar refractivity (Wildman–Crippen MR) is 125 cm³/mol. The van der Waals surface area contributed by atoms with E-state index in [1.807, 2.05) is 0 Å². The number of halogens is 3. The molecular weight excluding hydrogens is 477 g/mol. The molecule has 0 unspecified atom stereocenters. The summed E-state index contributed by atoms with van der Waals surface area (Å²) in [4.78, 5) is 12.5.